The molecule has 2 nitrogen and oxygen atoms in total. The van der Waals surface area contributed by atoms with Gasteiger partial charge in [-0.1, -0.05) is 116 Å². The second-order valence-corrected chi connectivity index (χ2v) is 19.1. The summed E-state index contributed by atoms with van der Waals surface area (Å²) in [5.74, 6) is 0. The maximum absolute atomic E-state index is 4.85. The molecule has 0 unspecified atom stereocenters. The Balaban J connectivity index is 0.000000208. The maximum Gasteiger partial charge on any atom is 0.0795 e. The summed E-state index contributed by atoms with van der Waals surface area (Å²) < 4.78 is 2.53. The van der Waals surface area contributed by atoms with Crippen LogP contribution in [0.4, 0.5) is 0 Å². The first-order chi connectivity index (χ1) is 23.3. The van der Waals surface area contributed by atoms with E-state index in [1.54, 1.807) is 0 Å². The van der Waals surface area contributed by atoms with Crippen molar-refractivity contribution in [3.05, 3.63) is 164 Å². The number of thiophene rings is 1. The van der Waals surface area contributed by atoms with Crippen molar-refractivity contribution in [3.8, 4) is 44.8 Å². The third-order valence-electron chi connectivity index (χ3n) is 8.61. The molecule has 5 heteroatoms. The summed E-state index contributed by atoms with van der Waals surface area (Å²) in [5, 5.41) is 3.95. The molecule has 0 N–H and O–H groups in total. The Bertz CT molecular complexity index is 2310. The zero-order chi connectivity index (χ0) is 33.1. The zero-order valence-electron chi connectivity index (χ0n) is 28.0. The van der Waals surface area contributed by atoms with Crippen LogP contribution in [-0.2, 0) is 20.1 Å². The summed E-state index contributed by atoms with van der Waals surface area (Å²) in [6.45, 7) is 9.15. The van der Waals surface area contributed by atoms with E-state index in [-0.39, 0.29) is 20.1 Å². The van der Waals surface area contributed by atoms with Crippen LogP contribution in [0.2, 0.25) is 19.6 Å². The number of benzene rings is 5. The molecule has 0 amide bonds. The minimum atomic E-state index is -1.23. The van der Waals surface area contributed by atoms with E-state index >= 15 is 0 Å². The molecule has 1 radical (unpaired) electrons. The van der Waals surface area contributed by atoms with Gasteiger partial charge in [-0.2, -0.15) is 11.3 Å². The van der Waals surface area contributed by atoms with Gasteiger partial charge in [-0.15, -0.1) is 59.7 Å². The first kappa shape index (κ1) is 34.4. The monoisotopic (exact) mass is 845 g/mol. The Morgan fingerprint density at radius 2 is 1.31 bits per heavy atom. The van der Waals surface area contributed by atoms with Crippen LogP contribution in [0.1, 0.15) is 5.56 Å². The number of aryl methyl sites for hydroxylation is 1. The van der Waals surface area contributed by atoms with Crippen molar-refractivity contribution in [2.75, 3.05) is 0 Å². The molecule has 0 aliphatic rings. The summed E-state index contributed by atoms with van der Waals surface area (Å²) in [7, 11) is -1.23. The number of fused-ring (bicyclic) bond motifs is 3. The average molecular weight is 845 g/mol. The molecule has 243 valence electrons. The SMILES string of the molecule is C[Si](C)(C)c1ccc(-c2[c-]cccc2)nc1.Cc1cc(-c2[c-]ccc3c2sc2cc(-c4ccccc4)ccc23)ncc1-c1ccccc1.[Ir]. The molecule has 8 rings (SSSR count). The minimum Gasteiger partial charge on any atom is -0.305 e. The maximum atomic E-state index is 4.85. The van der Waals surface area contributed by atoms with Gasteiger partial charge >= 0.3 is 0 Å². The van der Waals surface area contributed by atoms with Crippen LogP contribution in [-0.4, -0.2) is 18.0 Å². The molecular formula is C44H36IrN2SSi-2. The molecule has 0 aliphatic carbocycles. The van der Waals surface area contributed by atoms with E-state index in [0.717, 1.165) is 22.5 Å². The molecule has 3 heterocycles. The van der Waals surface area contributed by atoms with Gasteiger partial charge in [0.1, 0.15) is 0 Å². The quantitative estimate of drug-likeness (QED) is 0.127. The average Bonchev–Trinajstić information content (AvgIpc) is 3.51. The molecule has 0 saturated heterocycles. The second kappa shape index (κ2) is 14.9. The van der Waals surface area contributed by atoms with Gasteiger partial charge in [0.15, 0.2) is 0 Å². The van der Waals surface area contributed by atoms with E-state index in [0.29, 0.717) is 0 Å². The molecule has 8 aromatic rings. The standard InChI is InChI=1S/C30H20NS.C14H16NSi.Ir/c1-20-17-28(31-19-27(20)22-11-6-3-7-12-22)26-14-8-13-25-24-16-15-23(18-29(24)32-30(25)26)21-9-4-2-5-10-21;1-16(2,3)13-9-10-14(15-11-13)12-7-5-4-6-8-12;/h2-13,15-19H,1H3;4-7,9-11H,1-3H3;/q2*-1;. The molecule has 0 bridgehead atoms. The van der Waals surface area contributed by atoms with Crippen LogP contribution >= 0.6 is 11.3 Å². The summed E-state index contributed by atoms with van der Waals surface area (Å²) in [5.41, 5.74) is 10.2. The Hall–Kier alpha value is -4.51. The molecule has 0 spiro atoms. The van der Waals surface area contributed by atoms with Crippen molar-refractivity contribution in [2.45, 2.75) is 26.6 Å². The van der Waals surface area contributed by atoms with Crippen molar-refractivity contribution in [1.29, 1.82) is 0 Å². The minimum absolute atomic E-state index is 0. The van der Waals surface area contributed by atoms with Gasteiger partial charge in [-0.05, 0) is 61.9 Å². The molecule has 0 aliphatic heterocycles. The third kappa shape index (κ3) is 7.56. The van der Waals surface area contributed by atoms with Gasteiger partial charge in [0.05, 0.1) is 8.07 Å². The number of hydrogen-bond acceptors (Lipinski definition) is 3. The fourth-order valence-corrected chi connectivity index (χ4v) is 8.19. The number of rotatable bonds is 5. The van der Waals surface area contributed by atoms with Crippen LogP contribution in [0, 0.1) is 19.1 Å². The fourth-order valence-electron chi connectivity index (χ4n) is 5.90. The van der Waals surface area contributed by atoms with Gasteiger partial charge in [-0.25, -0.2) is 0 Å². The largest absolute Gasteiger partial charge is 0.305 e. The van der Waals surface area contributed by atoms with E-state index in [1.807, 2.05) is 60.1 Å². The summed E-state index contributed by atoms with van der Waals surface area (Å²) in [4.78, 5) is 9.37. The van der Waals surface area contributed by atoms with Gasteiger partial charge in [0.25, 0.3) is 0 Å². The van der Waals surface area contributed by atoms with E-state index in [2.05, 4.69) is 141 Å². The Morgan fingerprint density at radius 1 is 0.592 bits per heavy atom. The summed E-state index contributed by atoms with van der Waals surface area (Å²) in [6.07, 6.45) is 4.01. The first-order valence-electron chi connectivity index (χ1n) is 16.2. The van der Waals surface area contributed by atoms with Gasteiger partial charge in [0, 0.05) is 42.8 Å². The predicted molar refractivity (Wildman–Crippen MR) is 208 cm³/mol. The van der Waals surface area contributed by atoms with Crippen molar-refractivity contribution in [1.82, 2.24) is 9.97 Å². The summed E-state index contributed by atoms with van der Waals surface area (Å²) >= 11 is 1.83. The third-order valence-corrected chi connectivity index (χ3v) is 11.8. The van der Waals surface area contributed by atoms with Crippen LogP contribution in [0.25, 0.3) is 64.9 Å². The van der Waals surface area contributed by atoms with Crippen LogP contribution in [0.3, 0.4) is 0 Å². The molecule has 0 saturated carbocycles. The number of pyridine rings is 2. The van der Waals surface area contributed by atoms with Crippen LogP contribution in [0.5, 0.6) is 0 Å². The molecule has 0 atom stereocenters. The zero-order valence-corrected chi connectivity index (χ0v) is 32.2. The van der Waals surface area contributed by atoms with E-state index in [4.69, 9.17) is 4.98 Å². The predicted octanol–water partition coefficient (Wildman–Crippen LogP) is 11.7. The fraction of sp³-hybridized carbons (Fsp3) is 0.0909. The Morgan fingerprint density at radius 3 is 1.96 bits per heavy atom. The van der Waals surface area contributed by atoms with Crippen molar-refractivity contribution in [2.24, 2.45) is 0 Å². The molecule has 3 aromatic heterocycles. The van der Waals surface area contributed by atoms with Crippen molar-refractivity contribution >= 4 is 44.8 Å². The number of aromatic nitrogens is 2. The van der Waals surface area contributed by atoms with Gasteiger partial charge in [0.2, 0.25) is 0 Å². The molecule has 49 heavy (non-hydrogen) atoms. The van der Waals surface area contributed by atoms with E-state index in [9.17, 15) is 0 Å². The first-order valence-corrected chi connectivity index (χ1v) is 20.6. The number of nitrogens with zero attached hydrogens (tertiary/aromatic N) is 2. The van der Waals surface area contributed by atoms with E-state index in [1.165, 1.54) is 53.2 Å². The van der Waals surface area contributed by atoms with Gasteiger partial charge in [-0.3, -0.25) is 0 Å². The normalized spacial score (nSPS) is 11.1. The van der Waals surface area contributed by atoms with Gasteiger partial charge < -0.3 is 9.97 Å². The van der Waals surface area contributed by atoms with Crippen molar-refractivity contribution < 1.29 is 20.1 Å². The Kier molecular flexibility index (Phi) is 10.5. The Labute approximate surface area is 307 Å². The summed E-state index contributed by atoms with van der Waals surface area (Å²) in [6, 6.07) is 53.1. The second-order valence-electron chi connectivity index (χ2n) is 13.0. The van der Waals surface area contributed by atoms with Crippen LogP contribution in [0.15, 0.2) is 146 Å². The van der Waals surface area contributed by atoms with Crippen LogP contribution < -0.4 is 5.19 Å². The number of hydrogen-bond donors (Lipinski definition) is 0. The van der Waals surface area contributed by atoms with Crippen molar-refractivity contribution in [3.63, 3.8) is 0 Å². The molecule has 0 fully saturated rings. The smallest absolute Gasteiger partial charge is 0.0795 e. The van der Waals surface area contributed by atoms with E-state index < -0.39 is 8.07 Å². The molecule has 5 aromatic carbocycles. The molecular weight excluding hydrogens is 809 g/mol. The topological polar surface area (TPSA) is 25.8 Å².